The van der Waals surface area contributed by atoms with Gasteiger partial charge in [0.1, 0.15) is 94.6 Å². The number of Topliss-reactive ketones (excluding diaryl/α,β-unsaturated/α-hetero) is 2. The zero-order chi connectivity index (χ0) is 92.1. The van der Waals surface area contributed by atoms with Crippen LogP contribution in [-0.2, 0) is 62.1 Å². The molecule has 129 heavy (non-hydrogen) atoms. The summed E-state index contributed by atoms with van der Waals surface area (Å²) in [6.07, 6.45) is 24.3. The van der Waals surface area contributed by atoms with E-state index >= 15 is 0 Å². The number of amides is 2. The lowest BCUT2D eigenvalue weighted by Crippen LogP contribution is -2.48. The number of fused-ring (bicyclic) bond motifs is 4. The molecule has 16 atom stereocenters. The van der Waals surface area contributed by atoms with Gasteiger partial charge in [0.05, 0.1) is 97.3 Å². The van der Waals surface area contributed by atoms with Crippen LogP contribution in [0.25, 0.3) is 44.6 Å². The number of nitrogens with one attached hydrogen (secondary N) is 2. The highest BCUT2D eigenvalue weighted by molar-refractivity contribution is 6.37. The van der Waals surface area contributed by atoms with Gasteiger partial charge in [0.15, 0.2) is 17.9 Å². The number of aromatic nitrogens is 4. The number of hydrogen-bond donors (Lipinski definition) is 2. The Morgan fingerprint density at radius 2 is 0.922 bits per heavy atom. The molecule has 4 unspecified atom stereocenters. The van der Waals surface area contributed by atoms with Crippen molar-refractivity contribution >= 4 is 111 Å². The van der Waals surface area contributed by atoms with Gasteiger partial charge < -0.3 is 67.2 Å². The van der Waals surface area contributed by atoms with Crippen molar-refractivity contribution in [1.29, 1.82) is 0 Å². The molecule has 7 heterocycles. The minimum absolute atomic E-state index is 0.0127. The molecule has 7 aliphatic carbocycles. The van der Waals surface area contributed by atoms with Gasteiger partial charge in [-0.1, -0.05) is 122 Å². The number of likely N-dealkylation sites (tertiary alicyclic amines) is 3. The summed E-state index contributed by atoms with van der Waals surface area (Å²) in [5.74, 6) is -1.18. The molecule has 2 N–H and O–H groups in total. The van der Waals surface area contributed by atoms with E-state index in [-0.39, 0.29) is 135 Å². The van der Waals surface area contributed by atoms with Crippen LogP contribution in [0, 0.1) is 69.0 Å². The molecule has 7 saturated carbocycles. The van der Waals surface area contributed by atoms with Crippen LogP contribution in [0.15, 0.2) is 83.1 Å². The summed E-state index contributed by atoms with van der Waals surface area (Å²) in [6.45, 7) is 30.3. The quantitative estimate of drug-likeness (QED) is 0.0161. The summed E-state index contributed by atoms with van der Waals surface area (Å²) in [5.41, 5.74) is -1.07. The monoisotopic (exact) mass is 1820 g/mol. The first-order valence-corrected chi connectivity index (χ1v) is 47.3. The molecule has 0 radical (unpaired) electrons. The minimum atomic E-state index is -1.06. The lowest BCUT2D eigenvalue weighted by molar-refractivity contribution is -0.157. The van der Waals surface area contributed by atoms with Crippen LogP contribution in [-0.4, -0.2) is 197 Å². The number of esters is 4. The Bertz CT molecular complexity index is 5090. The van der Waals surface area contributed by atoms with Crippen molar-refractivity contribution in [3.63, 3.8) is 0 Å². The van der Waals surface area contributed by atoms with E-state index in [1.165, 1.54) is 102 Å². The standard InChI is InChI=1S/C49H64ClN5O9.C44H53ClN4O10.C6H12/c1-8-31-24-49(31,46(59)60-7)25-39(56)38-21-33(26-55(38)45(58)35(48(4,5)6)22-42(57)64-32-19-29-18-30(29)20-32)63-41-23-36(37-27-62-47(53-37)51-28(2)3)52-44-34(41)12-13-40(43(44)50)61-17-16-54-14-10-9-11-15-54;1-8-26-19-44(26,41(54)55-7)20-34(51)33-16-28(21-49(33)40(53)30(43(4,5)6)17-37(52)59-27-14-24-13-25(24)15-27)58-36-18-31(32-22-57-42(48-32)46-23(2)3)47-39-29(36)9-10-35(38(39)45)56-12-11-50;1-2-4-6-5-3-1/h8,12-13,23,27-33,35,38H,1,9-11,14-22,24-26H2,2-7H3,(H,51,53);8-11,18,22-28,30,33H,1,12-17,19-21H2,2-7H3,(H,46,48);1-6H2/t29-,30+,31-,32?,33-,35-,38+,49?;24-,25+,26-,27?,28-,30-,33+,44?;/m11./s1. The van der Waals surface area contributed by atoms with Crippen LogP contribution in [0.4, 0.5) is 12.0 Å². The molecule has 2 amide bonds. The number of carbonyl (C=O) groups excluding carboxylic acids is 9. The topological polar surface area (TPSA) is 339 Å². The predicted octanol–water partition coefficient (Wildman–Crippen LogP) is 17.6. The van der Waals surface area contributed by atoms with E-state index in [4.69, 9.17) is 79.9 Å². The van der Waals surface area contributed by atoms with Gasteiger partial charge in [0, 0.05) is 67.2 Å². The summed E-state index contributed by atoms with van der Waals surface area (Å²) in [6, 6.07) is 9.27. The van der Waals surface area contributed by atoms with Crippen molar-refractivity contribution in [3.8, 4) is 45.8 Å². The molecule has 16 rings (SSSR count). The zero-order valence-corrected chi connectivity index (χ0v) is 78.4. The SMILES string of the molecule is C1CCCCC1.C=C[C@@H]1CC1(CC(=O)[C@@H]1C[C@@H](Oc2cc(-c3coc(NC(C)C)n3)nc3c(Cl)c(OCC=O)ccc23)CN1C(=O)[C@@H](CC(=O)OC1C[C@@H]2C[C@@H]2C1)C(C)(C)C)C(=O)OC.C=C[C@@H]1CC1(CC(=O)[C@@H]1C[C@@H](Oc2cc(-c3coc(NC(C)C)n3)nc3c(Cl)c(OCCN4CCCCC4)ccc23)CN1C(=O)[C@@H](CC(=O)OC1C[C@@H]2C[C@@H]2C1)C(C)(C)C)C(=O)OC. The fourth-order valence-corrected chi connectivity index (χ4v) is 20.7. The lowest BCUT2D eigenvalue weighted by Gasteiger charge is -2.35. The fraction of sp³-hybridized carbons (Fsp3) is 0.626. The third-order valence-electron chi connectivity index (χ3n) is 27.8. The van der Waals surface area contributed by atoms with Crippen LogP contribution >= 0.6 is 23.2 Å². The van der Waals surface area contributed by atoms with E-state index in [1.54, 1.807) is 41.3 Å². The average molecular weight is 1820 g/mol. The maximum absolute atomic E-state index is 15.0. The highest BCUT2D eigenvalue weighted by atomic mass is 35.5. The molecule has 30 heteroatoms. The maximum Gasteiger partial charge on any atom is 0.312 e. The zero-order valence-electron chi connectivity index (χ0n) is 76.9. The van der Waals surface area contributed by atoms with Gasteiger partial charge in [-0.05, 0) is 176 Å². The van der Waals surface area contributed by atoms with Crippen molar-refractivity contribution in [2.24, 2.45) is 69.0 Å². The first kappa shape index (κ1) is 95.4. The summed E-state index contributed by atoms with van der Waals surface area (Å²) in [7, 11) is 2.61. The largest absolute Gasteiger partial charge is 0.491 e. The number of carbonyl (C=O) groups is 9. The highest BCUT2D eigenvalue weighted by Crippen LogP contribution is 2.60. The van der Waals surface area contributed by atoms with Gasteiger partial charge in [-0.2, -0.15) is 9.97 Å². The number of pyridine rings is 2. The van der Waals surface area contributed by atoms with Gasteiger partial charge in [-0.15, -0.1) is 13.2 Å². The predicted molar refractivity (Wildman–Crippen MR) is 487 cm³/mol. The number of piperidine rings is 1. The van der Waals surface area contributed by atoms with Gasteiger partial charge in [-0.25, -0.2) is 9.97 Å². The van der Waals surface area contributed by atoms with Crippen LogP contribution in [0.3, 0.4) is 0 Å². The number of nitrogens with zero attached hydrogens (tertiary/aromatic N) is 7. The fourth-order valence-electron chi connectivity index (χ4n) is 20.2. The van der Waals surface area contributed by atoms with Crippen molar-refractivity contribution in [2.45, 2.75) is 265 Å². The second-order valence-corrected chi connectivity index (χ2v) is 40.9. The number of anilines is 2. The van der Waals surface area contributed by atoms with Crippen molar-refractivity contribution in [1.82, 2.24) is 34.6 Å². The Labute approximate surface area is 766 Å². The number of rotatable bonds is 35. The van der Waals surface area contributed by atoms with E-state index in [0.717, 1.165) is 45.3 Å². The Balaban J connectivity index is 0.000000196. The molecule has 6 aromatic rings. The Morgan fingerprint density at radius 3 is 1.29 bits per heavy atom. The number of aldehydes is 1. The molecular formula is C99H129Cl2N9O19. The molecule has 0 bridgehead atoms. The number of benzene rings is 2. The van der Waals surface area contributed by atoms with E-state index in [0.29, 0.717) is 122 Å². The molecular weight excluding hydrogens is 1690 g/mol. The first-order chi connectivity index (χ1) is 61.6. The van der Waals surface area contributed by atoms with E-state index in [2.05, 4.69) is 38.7 Å². The number of hydrogen-bond acceptors (Lipinski definition) is 26. The second-order valence-electron chi connectivity index (χ2n) is 40.1. The van der Waals surface area contributed by atoms with Crippen molar-refractivity contribution in [3.05, 3.63) is 84.3 Å². The number of ketones is 2. The van der Waals surface area contributed by atoms with Crippen LogP contribution in [0.1, 0.15) is 217 Å². The Kier molecular flexibility index (Phi) is 30.0. The maximum atomic E-state index is 15.0. The van der Waals surface area contributed by atoms with Crippen molar-refractivity contribution in [2.75, 3.05) is 70.8 Å². The van der Waals surface area contributed by atoms with Gasteiger partial charge in [0.25, 0.3) is 12.0 Å². The molecule has 10 aliphatic rings. The van der Waals surface area contributed by atoms with E-state index in [9.17, 15) is 43.2 Å². The molecule has 3 saturated heterocycles. The van der Waals surface area contributed by atoms with E-state index < -0.39 is 81.7 Å². The Morgan fingerprint density at radius 1 is 0.527 bits per heavy atom. The third kappa shape index (κ3) is 22.6. The molecule has 2 aromatic carbocycles. The number of oxazole rings is 2. The molecule has 10 fully saturated rings. The third-order valence-corrected chi connectivity index (χ3v) is 28.5. The summed E-state index contributed by atoms with van der Waals surface area (Å²) >= 11 is 14.0. The lowest BCUT2D eigenvalue weighted by atomic mass is 9.77. The summed E-state index contributed by atoms with van der Waals surface area (Å²) < 4.78 is 59.0. The second kappa shape index (κ2) is 40.6. The van der Waals surface area contributed by atoms with Gasteiger partial charge >= 0.3 is 23.9 Å². The van der Waals surface area contributed by atoms with E-state index in [1.807, 2.05) is 81.4 Å². The van der Waals surface area contributed by atoms with Gasteiger partial charge in [0.2, 0.25) is 11.8 Å². The van der Waals surface area contributed by atoms with Crippen molar-refractivity contribution < 1.29 is 89.9 Å². The Hall–Kier alpha value is -9.67. The van der Waals surface area contributed by atoms with Crippen LogP contribution in [0.5, 0.6) is 23.0 Å². The highest BCUT2D eigenvalue weighted by Gasteiger charge is 2.63. The number of ether oxygens (including phenoxy) is 8. The molecule has 698 valence electrons. The number of allylic oxidation sites excluding steroid dienone is 2. The normalized spacial score (nSPS) is 26.4. The molecule has 4 aromatic heterocycles. The van der Waals surface area contributed by atoms with Gasteiger partial charge in [-0.3, -0.25) is 48.1 Å². The number of halogens is 2. The molecule has 0 spiro atoms. The summed E-state index contributed by atoms with van der Waals surface area (Å²) in [4.78, 5) is 148. The molecule has 28 nitrogen and oxygen atoms in total. The molecule has 3 aliphatic heterocycles. The van der Waals surface area contributed by atoms with Crippen LogP contribution in [0.2, 0.25) is 10.0 Å². The van der Waals surface area contributed by atoms with Crippen LogP contribution < -0.4 is 29.6 Å². The average Bonchev–Trinajstić information content (AvgIpc) is 1.58. The minimum Gasteiger partial charge on any atom is -0.491 e. The first-order valence-electron chi connectivity index (χ1n) is 46.5. The summed E-state index contributed by atoms with van der Waals surface area (Å²) in [5, 5.41) is 7.86. The number of methoxy groups -OCH3 is 2. The smallest absolute Gasteiger partial charge is 0.312 e.